The zero-order chi connectivity index (χ0) is 15.1. The molecule has 110 valence electrons. The van der Waals surface area contributed by atoms with Crippen LogP contribution in [-0.4, -0.2) is 31.6 Å². The van der Waals surface area contributed by atoms with Gasteiger partial charge < -0.3 is 15.4 Å². The maximum atomic E-state index is 13.2. The summed E-state index contributed by atoms with van der Waals surface area (Å²) in [6.07, 6.45) is 0.227. The number of hydrogen-bond donors (Lipinski definition) is 2. The summed E-state index contributed by atoms with van der Waals surface area (Å²) in [7, 11) is 1.23. The molecule has 6 heteroatoms. The standard InChI is InChI=1S/C14H19FN2O3/c1-4-16-9(2)7-13(18)17-12-8-10(15)5-6-11(12)14(19)20-3/h5-6,8-9,16H,4,7H2,1-3H3,(H,17,18). The van der Waals surface area contributed by atoms with Gasteiger partial charge in [-0.2, -0.15) is 0 Å². The topological polar surface area (TPSA) is 67.4 Å². The Bertz CT molecular complexity index is 491. The van der Waals surface area contributed by atoms with Gasteiger partial charge in [0.15, 0.2) is 0 Å². The minimum atomic E-state index is -0.625. The smallest absolute Gasteiger partial charge is 0.339 e. The van der Waals surface area contributed by atoms with E-state index in [1.54, 1.807) is 0 Å². The zero-order valence-electron chi connectivity index (χ0n) is 11.8. The molecule has 0 aliphatic carbocycles. The van der Waals surface area contributed by atoms with Crippen molar-refractivity contribution < 1.29 is 18.7 Å². The molecule has 1 rings (SSSR count). The van der Waals surface area contributed by atoms with Crippen molar-refractivity contribution in [3.8, 4) is 0 Å². The molecule has 0 radical (unpaired) electrons. The predicted octanol–water partition coefficient (Wildman–Crippen LogP) is 1.94. The van der Waals surface area contributed by atoms with Crippen molar-refractivity contribution in [3.63, 3.8) is 0 Å². The van der Waals surface area contributed by atoms with E-state index in [0.29, 0.717) is 0 Å². The fourth-order valence-corrected chi connectivity index (χ4v) is 1.81. The second-order valence-corrected chi connectivity index (χ2v) is 4.39. The average molecular weight is 282 g/mol. The van der Waals surface area contributed by atoms with E-state index in [-0.39, 0.29) is 29.6 Å². The lowest BCUT2D eigenvalue weighted by Crippen LogP contribution is -2.30. The number of benzene rings is 1. The number of anilines is 1. The highest BCUT2D eigenvalue weighted by Gasteiger charge is 2.16. The van der Waals surface area contributed by atoms with Gasteiger partial charge in [-0.05, 0) is 31.7 Å². The summed E-state index contributed by atoms with van der Waals surface area (Å²) in [5.74, 6) is -1.46. The third-order valence-corrected chi connectivity index (χ3v) is 2.71. The number of methoxy groups -OCH3 is 1. The molecule has 0 aliphatic rings. The van der Waals surface area contributed by atoms with Crippen LogP contribution < -0.4 is 10.6 Å². The molecule has 0 bridgehead atoms. The summed E-state index contributed by atoms with van der Waals surface area (Å²) < 4.78 is 17.8. The number of carbonyl (C=O) groups excluding carboxylic acids is 2. The second kappa shape index (κ2) is 7.59. The van der Waals surface area contributed by atoms with Gasteiger partial charge in [-0.1, -0.05) is 6.92 Å². The van der Waals surface area contributed by atoms with Crippen LogP contribution in [0.4, 0.5) is 10.1 Å². The lowest BCUT2D eigenvalue weighted by molar-refractivity contribution is -0.116. The average Bonchev–Trinajstić information content (AvgIpc) is 2.38. The fourth-order valence-electron chi connectivity index (χ4n) is 1.81. The zero-order valence-corrected chi connectivity index (χ0v) is 11.8. The molecule has 0 saturated carbocycles. The molecule has 0 saturated heterocycles. The highest BCUT2D eigenvalue weighted by molar-refractivity contribution is 6.01. The van der Waals surface area contributed by atoms with Crippen molar-refractivity contribution in [3.05, 3.63) is 29.6 Å². The number of ether oxygens (including phenoxy) is 1. The van der Waals surface area contributed by atoms with Crippen LogP contribution in [0.1, 0.15) is 30.6 Å². The molecule has 0 fully saturated rings. The molecule has 0 aliphatic heterocycles. The molecule has 1 aromatic carbocycles. The Kier molecular flexibility index (Phi) is 6.11. The van der Waals surface area contributed by atoms with Gasteiger partial charge in [-0.25, -0.2) is 9.18 Å². The quantitative estimate of drug-likeness (QED) is 0.782. The second-order valence-electron chi connectivity index (χ2n) is 4.39. The van der Waals surface area contributed by atoms with E-state index in [0.717, 1.165) is 18.7 Å². The Balaban J connectivity index is 2.82. The van der Waals surface area contributed by atoms with Crippen LogP contribution in [0.2, 0.25) is 0 Å². The van der Waals surface area contributed by atoms with E-state index < -0.39 is 11.8 Å². The van der Waals surface area contributed by atoms with Gasteiger partial charge in [0.2, 0.25) is 5.91 Å². The lowest BCUT2D eigenvalue weighted by atomic mass is 10.1. The van der Waals surface area contributed by atoms with Crippen LogP contribution in [0.15, 0.2) is 18.2 Å². The van der Waals surface area contributed by atoms with Crippen molar-refractivity contribution >= 4 is 17.6 Å². The fraction of sp³-hybridized carbons (Fsp3) is 0.429. The van der Waals surface area contributed by atoms with Crippen LogP contribution in [0.25, 0.3) is 0 Å². The van der Waals surface area contributed by atoms with E-state index in [2.05, 4.69) is 15.4 Å². The summed E-state index contributed by atoms with van der Waals surface area (Å²) in [5.41, 5.74) is 0.240. The Morgan fingerprint density at radius 3 is 2.70 bits per heavy atom. The van der Waals surface area contributed by atoms with Crippen LogP contribution in [0.3, 0.4) is 0 Å². The molecule has 5 nitrogen and oxygen atoms in total. The van der Waals surface area contributed by atoms with Gasteiger partial charge in [-0.3, -0.25) is 4.79 Å². The first kappa shape index (κ1) is 16.1. The van der Waals surface area contributed by atoms with Gasteiger partial charge in [0, 0.05) is 12.5 Å². The molecular formula is C14H19FN2O3. The number of rotatable bonds is 6. The predicted molar refractivity (Wildman–Crippen MR) is 74.1 cm³/mol. The third kappa shape index (κ3) is 4.62. The van der Waals surface area contributed by atoms with E-state index in [9.17, 15) is 14.0 Å². The van der Waals surface area contributed by atoms with Crippen LogP contribution in [-0.2, 0) is 9.53 Å². The Morgan fingerprint density at radius 2 is 2.10 bits per heavy atom. The van der Waals surface area contributed by atoms with E-state index >= 15 is 0 Å². The van der Waals surface area contributed by atoms with Gasteiger partial charge >= 0.3 is 5.97 Å². The first-order valence-corrected chi connectivity index (χ1v) is 6.39. The van der Waals surface area contributed by atoms with Gasteiger partial charge in [0.25, 0.3) is 0 Å². The van der Waals surface area contributed by atoms with Crippen molar-refractivity contribution in [2.75, 3.05) is 19.0 Å². The Morgan fingerprint density at radius 1 is 1.40 bits per heavy atom. The number of esters is 1. The number of carbonyl (C=O) groups is 2. The largest absolute Gasteiger partial charge is 0.465 e. The Hall–Kier alpha value is -1.95. The van der Waals surface area contributed by atoms with Crippen molar-refractivity contribution in [2.24, 2.45) is 0 Å². The van der Waals surface area contributed by atoms with Crippen LogP contribution >= 0.6 is 0 Å². The Labute approximate surface area is 117 Å². The highest BCUT2D eigenvalue weighted by atomic mass is 19.1. The summed E-state index contributed by atoms with van der Waals surface area (Å²) in [4.78, 5) is 23.4. The maximum absolute atomic E-state index is 13.2. The normalized spacial score (nSPS) is 11.8. The first-order valence-electron chi connectivity index (χ1n) is 6.39. The SMILES string of the molecule is CCNC(C)CC(=O)Nc1cc(F)ccc1C(=O)OC. The minimum absolute atomic E-state index is 0.00450. The molecule has 1 unspecified atom stereocenters. The van der Waals surface area contributed by atoms with Gasteiger partial charge in [-0.15, -0.1) is 0 Å². The monoisotopic (exact) mass is 282 g/mol. The molecule has 0 aromatic heterocycles. The first-order chi connectivity index (χ1) is 9.47. The third-order valence-electron chi connectivity index (χ3n) is 2.71. The summed E-state index contributed by atoms with van der Waals surface area (Å²) in [6.45, 7) is 4.56. The van der Waals surface area contributed by atoms with Crippen molar-refractivity contribution in [1.82, 2.24) is 5.32 Å². The molecule has 0 spiro atoms. The maximum Gasteiger partial charge on any atom is 0.339 e. The van der Waals surface area contributed by atoms with E-state index in [1.807, 2.05) is 13.8 Å². The molecule has 1 amide bonds. The van der Waals surface area contributed by atoms with Crippen LogP contribution in [0, 0.1) is 5.82 Å². The lowest BCUT2D eigenvalue weighted by Gasteiger charge is -2.13. The molecule has 1 aromatic rings. The van der Waals surface area contributed by atoms with E-state index in [4.69, 9.17) is 0 Å². The summed E-state index contributed by atoms with van der Waals surface area (Å²) >= 11 is 0. The molecule has 20 heavy (non-hydrogen) atoms. The highest BCUT2D eigenvalue weighted by Crippen LogP contribution is 2.18. The summed E-state index contributed by atoms with van der Waals surface area (Å²) in [5, 5.41) is 5.63. The summed E-state index contributed by atoms with van der Waals surface area (Å²) in [6, 6.07) is 3.52. The van der Waals surface area contributed by atoms with Crippen molar-refractivity contribution in [1.29, 1.82) is 0 Å². The number of hydrogen-bond acceptors (Lipinski definition) is 4. The van der Waals surface area contributed by atoms with Gasteiger partial charge in [0.1, 0.15) is 5.82 Å². The van der Waals surface area contributed by atoms with Gasteiger partial charge in [0.05, 0.1) is 18.4 Å². The molecule has 0 heterocycles. The molecule has 2 N–H and O–H groups in total. The number of amides is 1. The number of halogens is 1. The van der Waals surface area contributed by atoms with E-state index in [1.165, 1.54) is 13.2 Å². The minimum Gasteiger partial charge on any atom is -0.465 e. The molecule has 1 atom stereocenters. The van der Waals surface area contributed by atoms with Crippen LogP contribution in [0.5, 0.6) is 0 Å². The number of nitrogens with one attached hydrogen (secondary N) is 2. The molecular weight excluding hydrogens is 263 g/mol. The van der Waals surface area contributed by atoms with Crippen molar-refractivity contribution in [2.45, 2.75) is 26.3 Å².